The van der Waals surface area contributed by atoms with Crippen molar-refractivity contribution in [3.8, 4) is 0 Å². The maximum atomic E-state index is 4.50. The summed E-state index contributed by atoms with van der Waals surface area (Å²) in [4.78, 5) is 15.6. The van der Waals surface area contributed by atoms with Crippen LogP contribution in [0.1, 0.15) is 30.5 Å². The van der Waals surface area contributed by atoms with E-state index in [-0.39, 0.29) is 0 Å². The van der Waals surface area contributed by atoms with Crippen molar-refractivity contribution in [3.05, 3.63) is 23.7 Å². The lowest BCUT2D eigenvalue weighted by Gasteiger charge is -2.19. The van der Waals surface area contributed by atoms with Crippen LogP contribution < -0.4 is 5.32 Å². The van der Waals surface area contributed by atoms with E-state index in [9.17, 15) is 0 Å². The predicted octanol–water partition coefficient (Wildman–Crippen LogP) is 2.54. The van der Waals surface area contributed by atoms with Gasteiger partial charge in [-0.2, -0.15) is 0 Å². The van der Waals surface area contributed by atoms with Crippen LogP contribution in [0.3, 0.4) is 0 Å². The van der Waals surface area contributed by atoms with Gasteiger partial charge in [0.25, 0.3) is 0 Å². The second-order valence-corrected chi connectivity index (χ2v) is 5.99. The zero-order chi connectivity index (χ0) is 14.8. The maximum absolute atomic E-state index is 4.50. The molecular formula is C16H23N5. The van der Waals surface area contributed by atoms with Crippen molar-refractivity contribution in [3.63, 3.8) is 0 Å². The standard InChI is InChI=1S/C16H23N5/c1-11-9-12(2)20-16-14(11)15(18-10-19-16)17-7-6-13-5-4-8-21(13)3/h9-10,13H,4-8H2,1-3H3,(H,17,18,19,20)/t13-/m0/s1. The molecule has 0 unspecified atom stereocenters. The highest BCUT2D eigenvalue weighted by Crippen LogP contribution is 2.23. The van der Waals surface area contributed by atoms with Crippen molar-refractivity contribution < 1.29 is 0 Å². The van der Waals surface area contributed by atoms with Gasteiger partial charge in [0.1, 0.15) is 12.1 Å². The Bertz CT molecular complexity index is 640. The molecule has 0 amide bonds. The van der Waals surface area contributed by atoms with E-state index in [1.165, 1.54) is 24.9 Å². The van der Waals surface area contributed by atoms with Gasteiger partial charge in [0.15, 0.2) is 5.65 Å². The number of rotatable bonds is 4. The Balaban J connectivity index is 1.75. The minimum atomic E-state index is 0.701. The Morgan fingerprint density at radius 3 is 2.95 bits per heavy atom. The van der Waals surface area contributed by atoms with Crippen molar-refractivity contribution in [1.29, 1.82) is 0 Å². The highest BCUT2D eigenvalue weighted by atomic mass is 15.1. The van der Waals surface area contributed by atoms with Crippen molar-refractivity contribution >= 4 is 16.9 Å². The summed E-state index contributed by atoms with van der Waals surface area (Å²) >= 11 is 0. The summed E-state index contributed by atoms with van der Waals surface area (Å²) in [7, 11) is 2.22. The molecule has 3 rings (SSSR count). The van der Waals surface area contributed by atoms with E-state index in [0.29, 0.717) is 6.04 Å². The zero-order valence-electron chi connectivity index (χ0n) is 13.1. The van der Waals surface area contributed by atoms with Gasteiger partial charge >= 0.3 is 0 Å². The van der Waals surface area contributed by atoms with Crippen LogP contribution in [-0.2, 0) is 0 Å². The first-order valence-corrected chi connectivity index (χ1v) is 7.68. The molecule has 2 aromatic heterocycles. The third-order valence-electron chi connectivity index (χ3n) is 4.37. The minimum absolute atomic E-state index is 0.701. The average molecular weight is 285 g/mol. The van der Waals surface area contributed by atoms with Gasteiger partial charge in [-0.05, 0) is 58.3 Å². The first kappa shape index (κ1) is 14.2. The number of likely N-dealkylation sites (tertiary alicyclic amines) is 1. The summed E-state index contributed by atoms with van der Waals surface area (Å²) in [6.45, 7) is 6.26. The number of hydrogen-bond acceptors (Lipinski definition) is 5. The molecule has 0 bridgehead atoms. The molecule has 2 aromatic rings. The molecule has 1 N–H and O–H groups in total. The Labute approximate surface area is 125 Å². The van der Waals surface area contributed by atoms with Crippen molar-refractivity contribution in [2.75, 3.05) is 25.5 Å². The first-order valence-electron chi connectivity index (χ1n) is 7.68. The molecule has 5 nitrogen and oxygen atoms in total. The molecule has 3 heterocycles. The molecular weight excluding hydrogens is 262 g/mol. The lowest BCUT2D eigenvalue weighted by Crippen LogP contribution is -2.27. The van der Waals surface area contributed by atoms with E-state index < -0.39 is 0 Å². The Morgan fingerprint density at radius 2 is 2.19 bits per heavy atom. The quantitative estimate of drug-likeness (QED) is 0.935. The van der Waals surface area contributed by atoms with E-state index in [4.69, 9.17) is 0 Å². The van der Waals surface area contributed by atoms with Crippen LogP contribution in [0.25, 0.3) is 11.0 Å². The molecule has 1 aliphatic heterocycles. The predicted molar refractivity (Wildman–Crippen MR) is 85.6 cm³/mol. The number of nitrogens with zero attached hydrogens (tertiary/aromatic N) is 4. The molecule has 1 saturated heterocycles. The second kappa shape index (κ2) is 5.93. The second-order valence-electron chi connectivity index (χ2n) is 5.99. The highest BCUT2D eigenvalue weighted by molar-refractivity contribution is 5.89. The van der Waals surface area contributed by atoms with Crippen molar-refractivity contribution in [1.82, 2.24) is 19.9 Å². The lowest BCUT2D eigenvalue weighted by atomic mass is 10.1. The number of aryl methyl sites for hydroxylation is 2. The van der Waals surface area contributed by atoms with E-state index in [0.717, 1.165) is 35.5 Å². The molecule has 1 atom stereocenters. The molecule has 0 radical (unpaired) electrons. The van der Waals surface area contributed by atoms with Crippen LogP contribution in [-0.4, -0.2) is 46.0 Å². The summed E-state index contributed by atoms with van der Waals surface area (Å²) in [6, 6.07) is 2.79. The maximum Gasteiger partial charge on any atom is 0.165 e. The van der Waals surface area contributed by atoms with Crippen molar-refractivity contribution in [2.45, 2.75) is 39.2 Å². The molecule has 21 heavy (non-hydrogen) atoms. The van der Waals surface area contributed by atoms with Crippen LogP contribution in [0.15, 0.2) is 12.4 Å². The van der Waals surface area contributed by atoms with Crippen LogP contribution in [0.5, 0.6) is 0 Å². The summed E-state index contributed by atoms with van der Waals surface area (Å²) in [6.07, 6.45) is 5.38. The van der Waals surface area contributed by atoms with Gasteiger partial charge in [-0.1, -0.05) is 0 Å². The Kier molecular flexibility index (Phi) is 4.01. The lowest BCUT2D eigenvalue weighted by molar-refractivity contribution is 0.301. The first-order chi connectivity index (χ1) is 10.1. The highest BCUT2D eigenvalue weighted by Gasteiger charge is 2.20. The number of aromatic nitrogens is 3. The molecule has 0 aliphatic carbocycles. The minimum Gasteiger partial charge on any atom is -0.369 e. The monoisotopic (exact) mass is 285 g/mol. The summed E-state index contributed by atoms with van der Waals surface area (Å²) in [5.41, 5.74) is 2.96. The zero-order valence-corrected chi connectivity index (χ0v) is 13.1. The number of pyridine rings is 1. The van der Waals surface area contributed by atoms with E-state index in [1.54, 1.807) is 6.33 Å². The molecule has 1 aliphatic rings. The van der Waals surface area contributed by atoms with E-state index in [2.05, 4.69) is 45.2 Å². The van der Waals surface area contributed by atoms with E-state index in [1.807, 2.05) is 6.92 Å². The third kappa shape index (κ3) is 2.97. The molecule has 112 valence electrons. The molecule has 0 saturated carbocycles. The van der Waals surface area contributed by atoms with Gasteiger partial charge in [-0.3, -0.25) is 0 Å². The summed E-state index contributed by atoms with van der Waals surface area (Å²) in [5.74, 6) is 0.908. The number of nitrogens with one attached hydrogen (secondary N) is 1. The molecule has 5 heteroatoms. The van der Waals surface area contributed by atoms with Crippen LogP contribution in [0.2, 0.25) is 0 Å². The fraction of sp³-hybridized carbons (Fsp3) is 0.562. The van der Waals surface area contributed by atoms with Gasteiger partial charge in [-0.15, -0.1) is 0 Å². The summed E-state index contributed by atoms with van der Waals surface area (Å²) in [5, 5.41) is 4.52. The van der Waals surface area contributed by atoms with E-state index >= 15 is 0 Å². The topological polar surface area (TPSA) is 53.9 Å². The largest absolute Gasteiger partial charge is 0.369 e. The molecule has 0 spiro atoms. The van der Waals surface area contributed by atoms with Gasteiger partial charge in [0.2, 0.25) is 0 Å². The summed E-state index contributed by atoms with van der Waals surface area (Å²) < 4.78 is 0. The van der Waals surface area contributed by atoms with Gasteiger partial charge in [0, 0.05) is 18.3 Å². The van der Waals surface area contributed by atoms with Gasteiger partial charge in [0.05, 0.1) is 5.39 Å². The fourth-order valence-corrected chi connectivity index (χ4v) is 3.24. The Hall–Kier alpha value is -1.75. The molecule has 1 fully saturated rings. The number of fused-ring (bicyclic) bond motifs is 1. The Morgan fingerprint density at radius 1 is 1.33 bits per heavy atom. The van der Waals surface area contributed by atoms with Crippen LogP contribution in [0, 0.1) is 13.8 Å². The number of hydrogen-bond donors (Lipinski definition) is 1. The van der Waals surface area contributed by atoms with Crippen LogP contribution in [0.4, 0.5) is 5.82 Å². The number of anilines is 1. The van der Waals surface area contributed by atoms with Gasteiger partial charge < -0.3 is 10.2 Å². The normalized spacial score (nSPS) is 19.3. The average Bonchev–Trinajstić information content (AvgIpc) is 2.84. The smallest absolute Gasteiger partial charge is 0.165 e. The third-order valence-corrected chi connectivity index (χ3v) is 4.37. The molecule has 0 aromatic carbocycles. The SMILES string of the molecule is Cc1cc(C)c2c(NCC[C@@H]3CCCN3C)ncnc2n1. The fourth-order valence-electron chi connectivity index (χ4n) is 3.24. The van der Waals surface area contributed by atoms with Crippen LogP contribution >= 0.6 is 0 Å². The van der Waals surface area contributed by atoms with Crippen molar-refractivity contribution in [2.24, 2.45) is 0 Å². The van der Waals surface area contributed by atoms with Gasteiger partial charge in [-0.25, -0.2) is 15.0 Å².